The molecule has 3 nitrogen and oxygen atoms in total. The van der Waals surface area contributed by atoms with E-state index in [1.54, 1.807) is 0 Å². The van der Waals surface area contributed by atoms with E-state index >= 15 is 0 Å². The molecule has 2 fully saturated rings. The highest BCUT2D eigenvalue weighted by molar-refractivity contribution is 5.86. The maximum Gasteiger partial charge on any atom is 0.240 e. The lowest BCUT2D eigenvalue weighted by atomic mass is 9.90. The van der Waals surface area contributed by atoms with Crippen LogP contribution in [0.5, 0.6) is 0 Å². The van der Waals surface area contributed by atoms with Crippen molar-refractivity contribution in [3.05, 3.63) is 0 Å². The average Bonchev–Trinajstić information content (AvgIpc) is 2.97. The lowest BCUT2D eigenvalue weighted by Gasteiger charge is -2.28. The fourth-order valence-electron chi connectivity index (χ4n) is 3.37. The van der Waals surface area contributed by atoms with Gasteiger partial charge in [-0.2, -0.15) is 0 Å². The SMILES string of the molecule is CCCC1(C(=O)NCC2CCCC2)CCCN1. The fourth-order valence-corrected chi connectivity index (χ4v) is 3.37. The van der Waals surface area contributed by atoms with Gasteiger partial charge in [0.15, 0.2) is 0 Å². The molecule has 1 aliphatic heterocycles. The van der Waals surface area contributed by atoms with Gasteiger partial charge in [0.25, 0.3) is 0 Å². The van der Waals surface area contributed by atoms with E-state index in [1.807, 2.05) is 0 Å². The summed E-state index contributed by atoms with van der Waals surface area (Å²) in [5, 5.41) is 6.62. The average molecular weight is 238 g/mol. The van der Waals surface area contributed by atoms with E-state index in [9.17, 15) is 4.79 Å². The van der Waals surface area contributed by atoms with E-state index < -0.39 is 0 Å². The number of carbonyl (C=O) groups is 1. The van der Waals surface area contributed by atoms with E-state index in [4.69, 9.17) is 0 Å². The predicted octanol–water partition coefficient (Wildman–Crippen LogP) is 2.22. The Balaban J connectivity index is 1.83. The number of rotatable bonds is 5. The highest BCUT2D eigenvalue weighted by Crippen LogP contribution is 2.26. The molecule has 0 spiro atoms. The number of hydrogen-bond donors (Lipinski definition) is 2. The fraction of sp³-hybridized carbons (Fsp3) is 0.929. The first-order valence-corrected chi connectivity index (χ1v) is 7.30. The first-order chi connectivity index (χ1) is 8.27. The summed E-state index contributed by atoms with van der Waals surface area (Å²) in [6.45, 7) is 4.05. The molecular weight excluding hydrogens is 212 g/mol. The van der Waals surface area contributed by atoms with Crippen molar-refractivity contribution in [3.63, 3.8) is 0 Å². The van der Waals surface area contributed by atoms with Gasteiger partial charge in [0, 0.05) is 6.54 Å². The summed E-state index contributed by atoms with van der Waals surface area (Å²) >= 11 is 0. The van der Waals surface area contributed by atoms with Crippen molar-refractivity contribution < 1.29 is 4.79 Å². The first kappa shape index (κ1) is 12.9. The van der Waals surface area contributed by atoms with Crippen molar-refractivity contribution in [2.75, 3.05) is 13.1 Å². The molecule has 1 unspecified atom stereocenters. The van der Waals surface area contributed by atoms with Gasteiger partial charge in [-0.25, -0.2) is 0 Å². The van der Waals surface area contributed by atoms with Crippen LogP contribution in [-0.2, 0) is 4.79 Å². The summed E-state index contributed by atoms with van der Waals surface area (Å²) in [5.41, 5.74) is -0.243. The Morgan fingerprint density at radius 3 is 2.71 bits per heavy atom. The van der Waals surface area contributed by atoms with Crippen molar-refractivity contribution in [2.45, 2.75) is 63.8 Å². The molecule has 0 aromatic heterocycles. The van der Waals surface area contributed by atoms with Crippen LogP contribution in [0.25, 0.3) is 0 Å². The molecule has 98 valence electrons. The van der Waals surface area contributed by atoms with Gasteiger partial charge in [0.2, 0.25) is 5.91 Å². The molecule has 1 saturated carbocycles. The highest BCUT2D eigenvalue weighted by atomic mass is 16.2. The quantitative estimate of drug-likeness (QED) is 0.771. The molecule has 0 aromatic rings. The molecule has 1 saturated heterocycles. The van der Waals surface area contributed by atoms with Crippen molar-refractivity contribution >= 4 is 5.91 Å². The molecule has 3 heteroatoms. The Bertz CT molecular complexity index is 253. The van der Waals surface area contributed by atoms with E-state index in [0.717, 1.165) is 44.7 Å². The Morgan fingerprint density at radius 1 is 1.35 bits per heavy atom. The minimum absolute atomic E-state index is 0.243. The van der Waals surface area contributed by atoms with Gasteiger partial charge in [0.1, 0.15) is 0 Å². The predicted molar refractivity (Wildman–Crippen MR) is 69.8 cm³/mol. The molecule has 0 radical (unpaired) electrons. The van der Waals surface area contributed by atoms with Crippen LogP contribution in [0.15, 0.2) is 0 Å². The number of nitrogens with one attached hydrogen (secondary N) is 2. The molecular formula is C14H26N2O. The molecule has 0 aromatic carbocycles. The van der Waals surface area contributed by atoms with Crippen molar-refractivity contribution in [1.29, 1.82) is 0 Å². The second kappa shape index (κ2) is 5.85. The third kappa shape index (κ3) is 3.01. The monoisotopic (exact) mass is 238 g/mol. The van der Waals surface area contributed by atoms with Gasteiger partial charge in [0.05, 0.1) is 5.54 Å². The summed E-state index contributed by atoms with van der Waals surface area (Å²) in [4.78, 5) is 12.3. The summed E-state index contributed by atoms with van der Waals surface area (Å²) in [6, 6.07) is 0. The largest absolute Gasteiger partial charge is 0.354 e. The minimum Gasteiger partial charge on any atom is -0.354 e. The van der Waals surface area contributed by atoms with Gasteiger partial charge in [-0.05, 0) is 44.6 Å². The van der Waals surface area contributed by atoms with Crippen LogP contribution >= 0.6 is 0 Å². The highest BCUT2D eigenvalue weighted by Gasteiger charge is 2.39. The Labute approximate surface area is 105 Å². The lowest BCUT2D eigenvalue weighted by molar-refractivity contribution is -0.127. The van der Waals surface area contributed by atoms with Crippen LogP contribution in [0, 0.1) is 5.92 Å². The number of amides is 1. The zero-order valence-electron chi connectivity index (χ0n) is 11.1. The third-order valence-corrected chi connectivity index (χ3v) is 4.38. The molecule has 2 rings (SSSR count). The van der Waals surface area contributed by atoms with Gasteiger partial charge in [-0.15, -0.1) is 0 Å². The molecule has 2 aliphatic rings. The molecule has 2 N–H and O–H groups in total. The smallest absolute Gasteiger partial charge is 0.240 e. The Morgan fingerprint density at radius 2 is 2.12 bits per heavy atom. The summed E-state index contributed by atoms with van der Waals surface area (Å²) in [7, 11) is 0. The maximum atomic E-state index is 12.3. The Hall–Kier alpha value is -0.570. The summed E-state index contributed by atoms with van der Waals surface area (Å²) < 4.78 is 0. The molecule has 17 heavy (non-hydrogen) atoms. The van der Waals surface area contributed by atoms with E-state index in [1.165, 1.54) is 25.7 Å². The second-order valence-corrected chi connectivity index (χ2v) is 5.72. The zero-order chi connectivity index (χ0) is 12.1. The van der Waals surface area contributed by atoms with E-state index in [0.29, 0.717) is 0 Å². The third-order valence-electron chi connectivity index (χ3n) is 4.38. The minimum atomic E-state index is -0.243. The Kier molecular flexibility index (Phi) is 4.43. The normalized spacial score (nSPS) is 29.7. The van der Waals surface area contributed by atoms with Crippen LogP contribution in [0.1, 0.15) is 58.3 Å². The van der Waals surface area contributed by atoms with Crippen LogP contribution in [0.2, 0.25) is 0 Å². The van der Waals surface area contributed by atoms with Crippen molar-refractivity contribution in [1.82, 2.24) is 10.6 Å². The summed E-state index contributed by atoms with van der Waals surface area (Å²) in [6.07, 6.45) is 9.49. The number of hydrogen-bond acceptors (Lipinski definition) is 2. The van der Waals surface area contributed by atoms with Gasteiger partial charge in [-0.3, -0.25) is 4.79 Å². The van der Waals surface area contributed by atoms with E-state index in [-0.39, 0.29) is 11.4 Å². The molecule has 1 atom stereocenters. The van der Waals surface area contributed by atoms with Crippen LogP contribution in [0.4, 0.5) is 0 Å². The number of carbonyl (C=O) groups excluding carboxylic acids is 1. The van der Waals surface area contributed by atoms with Gasteiger partial charge >= 0.3 is 0 Å². The zero-order valence-corrected chi connectivity index (χ0v) is 11.1. The van der Waals surface area contributed by atoms with E-state index in [2.05, 4.69) is 17.6 Å². The molecule has 1 amide bonds. The van der Waals surface area contributed by atoms with Crippen molar-refractivity contribution in [3.8, 4) is 0 Å². The standard InChI is InChI=1S/C14H26N2O/c1-2-8-14(9-5-10-16-14)13(17)15-11-12-6-3-4-7-12/h12,16H,2-11H2,1H3,(H,15,17). The van der Waals surface area contributed by atoms with Gasteiger partial charge in [-0.1, -0.05) is 26.2 Å². The maximum absolute atomic E-state index is 12.3. The van der Waals surface area contributed by atoms with Crippen LogP contribution in [0.3, 0.4) is 0 Å². The van der Waals surface area contributed by atoms with Gasteiger partial charge < -0.3 is 10.6 Å². The first-order valence-electron chi connectivity index (χ1n) is 7.30. The summed E-state index contributed by atoms with van der Waals surface area (Å²) in [5.74, 6) is 0.989. The molecule has 0 bridgehead atoms. The molecule has 1 aliphatic carbocycles. The lowest BCUT2D eigenvalue weighted by Crippen LogP contribution is -2.54. The topological polar surface area (TPSA) is 41.1 Å². The van der Waals surface area contributed by atoms with Crippen LogP contribution < -0.4 is 10.6 Å². The second-order valence-electron chi connectivity index (χ2n) is 5.72. The van der Waals surface area contributed by atoms with Crippen molar-refractivity contribution in [2.24, 2.45) is 5.92 Å². The van der Waals surface area contributed by atoms with Crippen LogP contribution in [-0.4, -0.2) is 24.5 Å². The molecule has 1 heterocycles.